The van der Waals surface area contributed by atoms with Crippen LogP contribution >= 0.6 is 0 Å². The van der Waals surface area contributed by atoms with Crippen molar-refractivity contribution in [2.24, 2.45) is 7.05 Å². The molecule has 1 aliphatic heterocycles. The maximum Gasteiger partial charge on any atom is 0.255 e. The highest BCUT2D eigenvalue weighted by atomic mass is 16.5. The van der Waals surface area contributed by atoms with E-state index in [1.165, 1.54) is 17.7 Å². The molecule has 0 aliphatic carbocycles. The van der Waals surface area contributed by atoms with Gasteiger partial charge in [-0.15, -0.1) is 0 Å². The third-order valence-corrected chi connectivity index (χ3v) is 5.40. The van der Waals surface area contributed by atoms with Gasteiger partial charge in [0.05, 0.1) is 33.1 Å². The molecular weight excluding hydrogens is 412 g/mol. The second-order valence-corrected chi connectivity index (χ2v) is 7.31. The van der Waals surface area contributed by atoms with Crippen molar-refractivity contribution in [2.75, 3.05) is 38.8 Å². The Hall–Kier alpha value is -3.72. The van der Waals surface area contributed by atoms with Crippen LogP contribution in [0.4, 0.5) is 5.95 Å². The molecule has 9 nitrogen and oxygen atoms in total. The number of methoxy groups -OCH3 is 2. The molecule has 1 fully saturated rings. The standard InChI is InChI=1S/C23H24N4O5/c1-26-21(28)13-17(15-6-8-24-9-7-15)25-23(26)27-10-11-32-20(14-27)22(29)16-4-5-18(30-2)19(12-16)31-3/h4-9,12-13,20H,10-11,14H2,1-3H3. The summed E-state index contributed by atoms with van der Waals surface area (Å²) in [6, 6.07) is 10.1. The second kappa shape index (κ2) is 9.19. The summed E-state index contributed by atoms with van der Waals surface area (Å²) in [5, 5.41) is 0. The van der Waals surface area contributed by atoms with Crippen LogP contribution in [0.1, 0.15) is 10.4 Å². The third kappa shape index (κ3) is 4.19. The number of nitrogens with zero attached hydrogens (tertiary/aromatic N) is 4. The monoisotopic (exact) mass is 436 g/mol. The van der Waals surface area contributed by atoms with Crippen molar-refractivity contribution in [1.29, 1.82) is 0 Å². The number of ketones is 1. The Bertz CT molecular complexity index is 1180. The van der Waals surface area contributed by atoms with Gasteiger partial charge >= 0.3 is 0 Å². The predicted molar refractivity (Wildman–Crippen MR) is 119 cm³/mol. The molecule has 0 amide bonds. The van der Waals surface area contributed by atoms with E-state index in [-0.39, 0.29) is 17.9 Å². The number of rotatable bonds is 6. The van der Waals surface area contributed by atoms with E-state index in [1.54, 1.807) is 56.9 Å². The van der Waals surface area contributed by atoms with Crippen molar-refractivity contribution in [3.8, 4) is 22.8 Å². The van der Waals surface area contributed by atoms with Crippen LogP contribution in [-0.4, -0.2) is 60.3 Å². The van der Waals surface area contributed by atoms with E-state index in [0.717, 1.165) is 5.56 Å². The third-order valence-electron chi connectivity index (χ3n) is 5.40. The average molecular weight is 436 g/mol. The van der Waals surface area contributed by atoms with Gasteiger partial charge in [0.15, 0.2) is 17.3 Å². The summed E-state index contributed by atoms with van der Waals surface area (Å²) in [7, 11) is 4.73. The molecule has 1 unspecified atom stereocenters. The van der Waals surface area contributed by atoms with Gasteiger partial charge in [0.1, 0.15) is 6.10 Å². The van der Waals surface area contributed by atoms with Crippen LogP contribution in [0.25, 0.3) is 11.3 Å². The van der Waals surface area contributed by atoms with E-state index >= 15 is 0 Å². The first-order valence-electron chi connectivity index (χ1n) is 10.1. The lowest BCUT2D eigenvalue weighted by Crippen LogP contribution is -2.48. The lowest BCUT2D eigenvalue weighted by Gasteiger charge is -2.33. The molecular formula is C23H24N4O5. The minimum atomic E-state index is -0.705. The van der Waals surface area contributed by atoms with Crippen molar-refractivity contribution in [1.82, 2.24) is 14.5 Å². The zero-order valence-corrected chi connectivity index (χ0v) is 18.1. The number of carbonyl (C=O) groups is 1. The summed E-state index contributed by atoms with van der Waals surface area (Å²) < 4.78 is 17.8. The first-order valence-corrected chi connectivity index (χ1v) is 10.1. The van der Waals surface area contributed by atoms with Gasteiger partial charge in [-0.1, -0.05) is 0 Å². The van der Waals surface area contributed by atoms with E-state index in [0.29, 0.717) is 41.9 Å². The van der Waals surface area contributed by atoms with Crippen LogP contribution in [-0.2, 0) is 11.8 Å². The minimum Gasteiger partial charge on any atom is -0.493 e. The Labute approximate surface area is 185 Å². The number of pyridine rings is 1. The second-order valence-electron chi connectivity index (χ2n) is 7.31. The predicted octanol–water partition coefficient (Wildman–Crippen LogP) is 1.95. The maximum atomic E-state index is 13.1. The van der Waals surface area contributed by atoms with Crippen LogP contribution in [0.5, 0.6) is 11.5 Å². The topological polar surface area (TPSA) is 95.8 Å². The molecule has 0 saturated carbocycles. The minimum absolute atomic E-state index is 0.175. The lowest BCUT2D eigenvalue weighted by atomic mass is 10.0. The number of morpholine rings is 1. The van der Waals surface area contributed by atoms with Crippen LogP contribution < -0.4 is 19.9 Å². The Morgan fingerprint density at radius 3 is 2.56 bits per heavy atom. The highest BCUT2D eigenvalue weighted by molar-refractivity contribution is 6.00. The van der Waals surface area contributed by atoms with Crippen LogP contribution in [0, 0.1) is 0 Å². The zero-order valence-electron chi connectivity index (χ0n) is 18.1. The Kier molecular flexibility index (Phi) is 6.18. The largest absolute Gasteiger partial charge is 0.493 e. The Balaban J connectivity index is 1.61. The molecule has 9 heteroatoms. The number of aromatic nitrogens is 3. The normalized spacial score (nSPS) is 16.0. The summed E-state index contributed by atoms with van der Waals surface area (Å²) in [4.78, 5) is 36.4. The molecule has 1 saturated heterocycles. The van der Waals surface area contributed by atoms with Gasteiger partial charge in [0.2, 0.25) is 5.95 Å². The smallest absolute Gasteiger partial charge is 0.255 e. The zero-order chi connectivity index (χ0) is 22.7. The SMILES string of the molecule is COc1ccc(C(=O)C2CN(c3nc(-c4ccncc4)cc(=O)n3C)CCO2)cc1OC. The van der Waals surface area contributed by atoms with Crippen molar-refractivity contribution in [2.45, 2.75) is 6.10 Å². The van der Waals surface area contributed by atoms with E-state index in [1.807, 2.05) is 4.90 Å². The van der Waals surface area contributed by atoms with Gasteiger partial charge in [-0.05, 0) is 30.3 Å². The van der Waals surface area contributed by atoms with Gasteiger partial charge < -0.3 is 19.1 Å². The maximum absolute atomic E-state index is 13.1. The number of benzene rings is 1. The Morgan fingerprint density at radius 2 is 1.84 bits per heavy atom. The molecule has 1 aromatic carbocycles. The number of ether oxygens (including phenoxy) is 3. The van der Waals surface area contributed by atoms with Crippen LogP contribution in [0.2, 0.25) is 0 Å². The van der Waals surface area contributed by atoms with Gasteiger partial charge in [0, 0.05) is 43.2 Å². The van der Waals surface area contributed by atoms with Crippen molar-refractivity contribution in [3.05, 3.63) is 64.7 Å². The highest BCUT2D eigenvalue weighted by Gasteiger charge is 2.30. The molecule has 4 rings (SSSR count). The van der Waals surface area contributed by atoms with Crippen LogP contribution in [0.15, 0.2) is 53.6 Å². The van der Waals surface area contributed by atoms with E-state index in [9.17, 15) is 9.59 Å². The fourth-order valence-electron chi connectivity index (χ4n) is 3.65. The molecule has 166 valence electrons. The molecule has 0 spiro atoms. The number of anilines is 1. The molecule has 2 aromatic heterocycles. The summed E-state index contributed by atoms with van der Waals surface area (Å²) in [6.45, 7) is 1.11. The molecule has 1 aliphatic rings. The number of Topliss-reactive ketones (excluding diaryl/α,β-unsaturated/α-hetero) is 1. The molecule has 0 radical (unpaired) electrons. The quantitative estimate of drug-likeness (QED) is 0.541. The van der Waals surface area contributed by atoms with Gasteiger partial charge in [-0.3, -0.25) is 19.1 Å². The molecule has 1 atom stereocenters. The summed E-state index contributed by atoms with van der Waals surface area (Å²) in [5.41, 5.74) is 1.63. The van der Waals surface area contributed by atoms with Crippen LogP contribution in [0.3, 0.4) is 0 Å². The summed E-state index contributed by atoms with van der Waals surface area (Å²) >= 11 is 0. The lowest BCUT2D eigenvalue weighted by molar-refractivity contribution is 0.0336. The fraction of sp³-hybridized carbons (Fsp3) is 0.304. The van der Waals surface area contributed by atoms with Gasteiger partial charge in [-0.25, -0.2) is 4.98 Å². The Morgan fingerprint density at radius 1 is 1.09 bits per heavy atom. The highest BCUT2D eigenvalue weighted by Crippen LogP contribution is 2.29. The van der Waals surface area contributed by atoms with E-state index < -0.39 is 6.10 Å². The molecule has 3 heterocycles. The van der Waals surface area contributed by atoms with E-state index in [2.05, 4.69) is 4.98 Å². The molecule has 0 N–H and O–H groups in total. The van der Waals surface area contributed by atoms with Crippen molar-refractivity contribution in [3.63, 3.8) is 0 Å². The first-order chi connectivity index (χ1) is 15.5. The van der Waals surface area contributed by atoms with Gasteiger partial charge in [0.25, 0.3) is 5.56 Å². The summed E-state index contributed by atoms with van der Waals surface area (Å²) in [6.07, 6.45) is 2.60. The summed E-state index contributed by atoms with van der Waals surface area (Å²) in [5.74, 6) is 1.33. The van der Waals surface area contributed by atoms with Crippen molar-refractivity contribution < 1.29 is 19.0 Å². The van der Waals surface area contributed by atoms with Gasteiger partial charge in [-0.2, -0.15) is 0 Å². The number of hydrogen-bond acceptors (Lipinski definition) is 8. The molecule has 32 heavy (non-hydrogen) atoms. The first kappa shape index (κ1) is 21.5. The molecule has 3 aromatic rings. The number of hydrogen-bond donors (Lipinski definition) is 0. The fourth-order valence-corrected chi connectivity index (χ4v) is 3.65. The number of carbonyl (C=O) groups excluding carboxylic acids is 1. The average Bonchev–Trinajstić information content (AvgIpc) is 2.85. The van der Waals surface area contributed by atoms with Crippen molar-refractivity contribution >= 4 is 11.7 Å². The molecule has 0 bridgehead atoms. The van der Waals surface area contributed by atoms with E-state index in [4.69, 9.17) is 19.2 Å².